The van der Waals surface area contributed by atoms with Crippen LogP contribution in [0, 0.1) is 12.3 Å². The van der Waals surface area contributed by atoms with Crippen LogP contribution in [0.4, 0.5) is 8.78 Å². The Balaban J connectivity index is 1.50. The third-order valence-electron chi connectivity index (χ3n) is 5.47. The first kappa shape index (κ1) is 17.5. The first-order chi connectivity index (χ1) is 12.4. The van der Waals surface area contributed by atoms with E-state index in [4.69, 9.17) is 0 Å². The standard InChI is InChI=1S/C17H21F2N5OS/c1-12-21-13(9-26-12)8-23-6-3-16(10-23)11-24(7-4-17(16,18)19)15(25)14-2-5-20-22-14/h2,5,9H,3-4,6-8,10-11H2,1H3,(H,20,22)/t16-/m0/s1. The lowest BCUT2D eigenvalue weighted by Gasteiger charge is -2.45. The van der Waals surface area contributed by atoms with Crippen molar-refractivity contribution >= 4 is 17.2 Å². The van der Waals surface area contributed by atoms with Crippen molar-refractivity contribution in [1.82, 2.24) is 25.0 Å². The molecule has 4 heterocycles. The van der Waals surface area contributed by atoms with Gasteiger partial charge in [0.1, 0.15) is 5.69 Å². The number of aromatic nitrogens is 3. The summed E-state index contributed by atoms with van der Waals surface area (Å²) in [6.45, 7) is 3.54. The fourth-order valence-electron chi connectivity index (χ4n) is 4.05. The van der Waals surface area contributed by atoms with Crippen LogP contribution in [0.25, 0.3) is 0 Å². The minimum absolute atomic E-state index is 0.0673. The van der Waals surface area contributed by atoms with Gasteiger partial charge in [-0.3, -0.25) is 14.8 Å². The molecule has 4 rings (SSSR count). The van der Waals surface area contributed by atoms with E-state index in [2.05, 4.69) is 15.2 Å². The van der Waals surface area contributed by atoms with Crippen molar-refractivity contribution < 1.29 is 13.6 Å². The number of carbonyl (C=O) groups is 1. The monoisotopic (exact) mass is 381 g/mol. The van der Waals surface area contributed by atoms with E-state index in [1.807, 2.05) is 17.2 Å². The van der Waals surface area contributed by atoms with Gasteiger partial charge in [0.05, 0.1) is 16.1 Å². The smallest absolute Gasteiger partial charge is 0.271 e. The Hall–Kier alpha value is -1.87. The topological polar surface area (TPSA) is 65.1 Å². The van der Waals surface area contributed by atoms with Crippen LogP contribution in [-0.2, 0) is 6.54 Å². The first-order valence-electron chi connectivity index (χ1n) is 8.68. The molecule has 0 aromatic carbocycles. The third-order valence-corrected chi connectivity index (χ3v) is 6.29. The zero-order chi connectivity index (χ0) is 18.4. The Morgan fingerprint density at radius 2 is 2.19 bits per heavy atom. The zero-order valence-corrected chi connectivity index (χ0v) is 15.4. The van der Waals surface area contributed by atoms with Crippen molar-refractivity contribution in [2.75, 3.05) is 26.2 Å². The van der Waals surface area contributed by atoms with Gasteiger partial charge in [0.15, 0.2) is 0 Å². The highest BCUT2D eigenvalue weighted by Gasteiger charge is 2.59. The highest BCUT2D eigenvalue weighted by Crippen LogP contribution is 2.49. The number of nitrogens with zero attached hydrogens (tertiary/aromatic N) is 4. The van der Waals surface area contributed by atoms with E-state index >= 15 is 0 Å². The van der Waals surface area contributed by atoms with Crippen molar-refractivity contribution in [3.8, 4) is 0 Å². The predicted octanol–water partition coefficient (Wildman–Crippen LogP) is 2.55. The van der Waals surface area contributed by atoms with Gasteiger partial charge in [-0.05, 0) is 26.0 Å². The number of thiazole rings is 1. The average Bonchev–Trinajstić information content (AvgIpc) is 3.33. The van der Waals surface area contributed by atoms with Crippen molar-refractivity contribution in [1.29, 1.82) is 0 Å². The minimum atomic E-state index is -2.77. The predicted molar refractivity (Wildman–Crippen MR) is 93.2 cm³/mol. The van der Waals surface area contributed by atoms with Gasteiger partial charge in [-0.1, -0.05) is 0 Å². The van der Waals surface area contributed by atoms with Gasteiger partial charge < -0.3 is 4.90 Å². The first-order valence-corrected chi connectivity index (χ1v) is 9.56. The zero-order valence-electron chi connectivity index (χ0n) is 14.5. The number of hydrogen-bond acceptors (Lipinski definition) is 5. The molecule has 2 fully saturated rings. The Bertz CT molecular complexity index is 793. The summed E-state index contributed by atoms with van der Waals surface area (Å²) in [5.74, 6) is -3.03. The van der Waals surface area contributed by atoms with Crippen molar-refractivity contribution in [2.45, 2.75) is 32.2 Å². The number of amides is 1. The molecule has 2 aromatic heterocycles. The number of hydrogen-bond donors (Lipinski definition) is 1. The number of aromatic amines is 1. The van der Waals surface area contributed by atoms with Gasteiger partial charge in [-0.25, -0.2) is 13.8 Å². The molecule has 0 unspecified atom stereocenters. The molecule has 2 aliphatic rings. The van der Waals surface area contributed by atoms with Gasteiger partial charge in [0, 0.05) is 44.2 Å². The average molecular weight is 381 g/mol. The molecule has 1 spiro atoms. The summed E-state index contributed by atoms with van der Waals surface area (Å²) < 4.78 is 29.7. The van der Waals surface area contributed by atoms with Crippen LogP contribution in [-0.4, -0.2) is 63.0 Å². The molecule has 0 aliphatic carbocycles. The van der Waals surface area contributed by atoms with Crippen LogP contribution in [0.5, 0.6) is 0 Å². The van der Waals surface area contributed by atoms with Crippen molar-refractivity contribution in [2.24, 2.45) is 5.41 Å². The molecular formula is C17H21F2N5OS. The molecule has 0 saturated carbocycles. The maximum atomic E-state index is 14.9. The molecule has 140 valence electrons. The number of piperidine rings is 1. The molecule has 26 heavy (non-hydrogen) atoms. The minimum Gasteiger partial charge on any atom is -0.336 e. The lowest BCUT2D eigenvalue weighted by atomic mass is 9.75. The van der Waals surface area contributed by atoms with Crippen LogP contribution in [0.15, 0.2) is 17.6 Å². The SMILES string of the molecule is Cc1nc(CN2CC[C@]3(C2)CN(C(=O)c2ccn[nH]2)CCC3(F)F)cs1. The number of likely N-dealkylation sites (tertiary alicyclic amines) is 2. The number of H-pyrrole nitrogens is 1. The van der Waals surface area contributed by atoms with Crippen LogP contribution < -0.4 is 0 Å². The number of rotatable bonds is 3. The van der Waals surface area contributed by atoms with E-state index in [9.17, 15) is 13.6 Å². The van der Waals surface area contributed by atoms with E-state index in [1.165, 1.54) is 6.20 Å². The summed E-state index contributed by atoms with van der Waals surface area (Å²) in [6.07, 6.45) is 1.58. The quantitative estimate of drug-likeness (QED) is 0.888. The van der Waals surface area contributed by atoms with Gasteiger partial charge in [-0.2, -0.15) is 5.10 Å². The van der Waals surface area contributed by atoms with E-state index in [0.717, 1.165) is 10.7 Å². The summed E-state index contributed by atoms with van der Waals surface area (Å²) in [5.41, 5.74) is 0.0821. The number of aryl methyl sites for hydroxylation is 1. The maximum Gasteiger partial charge on any atom is 0.271 e. The molecule has 1 N–H and O–H groups in total. The molecule has 1 atom stereocenters. The molecule has 2 saturated heterocycles. The van der Waals surface area contributed by atoms with Crippen molar-refractivity contribution in [3.05, 3.63) is 34.0 Å². The maximum absolute atomic E-state index is 14.9. The Labute approximate surface area is 154 Å². The number of alkyl halides is 2. The third kappa shape index (κ3) is 3.03. The molecule has 6 nitrogen and oxygen atoms in total. The Morgan fingerprint density at radius 3 is 2.88 bits per heavy atom. The molecule has 1 amide bonds. The summed E-state index contributed by atoms with van der Waals surface area (Å²) in [5, 5.41) is 9.37. The summed E-state index contributed by atoms with van der Waals surface area (Å²) in [7, 11) is 0. The van der Waals surface area contributed by atoms with Crippen LogP contribution >= 0.6 is 11.3 Å². The van der Waals surface area contributed by atoms with Crippen LogP contribution in [0.2, 0.25) is 0 Å². The highest BCUT2D eigenvalue weighted by molar-refractivity contribution is 7.09. The second kappa shape index (κ2) is 6.38. The summed E-state index contributed by atoms with van der Waals surface area (Å²) in [4.78, 5) is 20.6. The van der Waals surface area contributed by atoms with Gasteiger partial charge in [0.2, 0.25) is 0 Å². The summed E-state index contributed by atoms with van der Waals surface area (Å²) >= 11 is 1.57. The number of nitrogens with one attached hydrogen (secondary N) is 1. The molecule has 9 heteroatoms. The van der Waals surface area contributed by atoms with Crippen molar-refractivity contribution in [3.63, 3.8) is 0 Å². The molecule has 2 aliphatic heterocycles. The second-order valence-corrected chi connectivity index (χ2v) is 8.31. The lowest BCUT2D eigenvalue weighted by molar-refractivity contribution is -0.155. The molecule has 2 aromatic rings. The highest BCUT2D eigenvalue weighted by atomic mass is 32.1. The summed E-state index contributed by atoms with van der Waals surface area (Å²) in [6, 6.07) is 1.58. The second-order valence-electron chi connectivity index (χ2n) is 7.25. The van der Waals surface area contributed by atoms with Crippen LogP contribution in [0.3, 0.4) is 0 Å². The fourth-order valence-corrected chi connectivity index (χ4v) is 4.65. The Morgan fingerprint density at radius 1 is 1.35 bits per heavy atom. The van der Waals surface area contributed by atoms with E-state index in [1.54, 1.807) is 22.3 Å². The van der Waals surface area contributed by atoms with Crippen LogP contribution in [0.1, 0.15) is 34.0 Å². The van der Waals surface area contributed by atoms with E-state index in [0.29, 0.717) is 25.2 Å². The molecule has 0 bridgehead atoms. The number of carbonyl (C=O) groups excluding carboxylic acids is 1. The van der Waals surface area contributed by atoms with E-state index < -0.39 is 11.3 Å². The number of halogens is 2. The fraction of sp³-hybridized carbons (Fsp3) is 0.588. The molecule has 0 radical (unpaired) electrons. The normalized spacial score (nSPS) is 25.9. The van der Waals surface area contributed by atoms with Gasteiger partial charge >= 0.3 is 0 Å². The van der Waals surface area contributed by atoms with Gasteiger partial charge in [-0.15, -0.1) is 11.3 Å². The van der Waals surface area contributed by atoms with E-state index in [-0.39, 0.29) is 32.0 Å². The van der Waals surface area contributed by atoms with Gasteiger partial charge in [0.25, 0.3) is 11.8 Å². The largest absolute Gasteiger partial charge is 0.336 e. The Kier molecular flexibility index (Phi) is 4.31. The molecular weight excluding hydrogens is 360 g/mol. The lowest BCUT2D eigenvalue weighted by Crippen LogP contribution is -2.58.